The van der Waals surface area contributed by atoms with Gasteiger partial charge in [0.05, 0.1) is 19.3 Å². The molecule has 0 aliphatic heterocycles. The van der Waals surface area contributed by atoms with E-state index in [0.717, 1.165) is 12.1 Å². The lowest BCUT2D eigenvalue weighted by Gasteiger charge is -2.11. The molecule has 0 saturated carbocycles. The summed E-state index contributed by atoms with van der Waals surface area (Å²) < 4.78 is 36.2. The van der Waals surface area contributed by atoms with Crippen molar-refractivity contribution in [2.75, 3.05) is 19.8 Å². The highest BCUT2D eigenvalue weighted by atomic mass is 19.1. The first-order chi connectivity index (χ1) is 8.13. The molecule has 1 atom stereocenters. The van der Waals surface area contributed by atoms with Crippen molar-refractivity contribution in [1.29, 1.82) is 0 Å². The molecule has 1 aromatic rings. The molecule has 1 unspecified atom stereocenters. The van der Waals surface area contributed by atoms with E-state index in [1.807, 2.05) is 6.92 Å². The van der Waals surface area contributed by atoms with Gasteiger partial charge in [0, 0.05) is 19.0 Å². The Morgan fingerprint density at radius 1 is 1.29 bits per heavy atom. The first kappa shape index (κ1) is 13.9. The molecule has 0 saturated heterocycles. The highest BCUT2D eigenvalue weighted by Crippen LogP contribution is 2.17. The van der Waals surface area contributed by atoms with E-state index < -0.39 is 11.6 Å². The van der Waals surface area contributed by atoms with Gasteiger partial charge in [-0.1, -0.05) is 0 Å². The quantitative estimate of drug-likeness (QED) is 0.748. The molecule has 0 spiro atoms. The van der Waals surface area contributed by atoms with Gasteiger partial charge in [0.25, 0.3) is 0 Å². The van der Waals surface area contributed by atoms with Crippen LogP contribution in [-0.2, 0) is 4.74 Å². The van der Waals surface area contributed by atoms with Crippen molar-refractivity contribution in [3.8, 4) is 5.75 Å². The van der Waals surface area contributed by atoms with Crippen molar-refractivity contribution in [2.45, 2.75) is 19.4 Å². The largest absolute Gasteiger partial charge is 0.490 e. The molecule has 0 aromatic heterocycles. The standard InChI is InChI=1S/C12H17F2NO2/c1-9(8-15)16-5-2-6-17-12-4-3-10(13)7-11(12)14/h3-4,7,9H,2,5-6,8,15H2,1H3. The van der Waals surface area contributed by atoms with Gasteiger partial charge >= 0.3 is 0 Å². The maximum absolute atomic E-state index is 13.1. The third-order valence-electron chi connectivity index (χ3n) is 2.17. The van der Waals surface area contributed by atoms with Crippen LogP contribution in [0.3, 0.4) is 0 Å². The first-order valence-corrected chi connectivity index (χ1v) is 5.53. The predicted octanol–water partition coefficient (Wildman–Crippen LogP) is 2.10. The molecule has 3 nitrogen and oxygen atoms in total. The lowest BCUT2D eigenvalue weighted by molar-refractivity contribution is 0.0628. The number of benzene rings is 1. The van der Waals surface area contributed by atoms with E-state index in [9.17, 15) is 8.78 Å². The van der Waals surface area contributed by atoms with Crippen LogP contribution in [0.5, 0.6) is 5.75 Å². The van der Waals surface area contributed by atoms with E-state index in [2.05, 4.69) is 0 Å². The number of rotatable bonds is 7. The van der Waals surface area contributed by atoms with Gasteiger partial charge in [-0.3, -0.25) is 0 Å². The Labute approximate surface area is 99.5 Å². The maximum atomic E-state index is 13.1. The van der Waals surface area contributed by atoms with Crippen LogP contribution in [0.2, 0.25) is 0 Å². The summed E-state index contributed by atoms with van der Waals surface area (Å²) in [4.78, 5) is 0. The van der Waals surface area contributed by atoms with Gasteiger partial charge in [-0.25, -0.2) is 8.78 Å². The normalized spacial score (nSPS) is 12.5. The summed E-state index contributed by atoms with van der Waals surface area (Å²) in [5.41, 5.74) is 5.37. The Morgan fingerprint density at radius 3 is 2.71 bits per heavy atom. The van der Waals surface area contributed by atoms with Crippen LogP contribution >= 0.6 is 0 Å². The molecule has 5 heteroatoms. The Balaban J connectivity index is 2.22. The third kappa shape index (κ3) is 5.10. The number of hydrogen-bond acceptors (Lipinski definition) is 3. The molecular weight excluding hydrogens is 228 g/mol. The Bertz CT molecular complexity index is 347. The number of hydrogen-bond donors (Lipinski definition) is 1. The summed E-state index contributed by atoms with van der Waals surface area (Å²) >= 11 is 0. The van der Waals surface area contributed by atoms with E-state index in [-0.39, 0.29) is 11.9 Å². The maximum Gasteiger partial charge on any atom is 0.167 e. The van der Waals surface area contributed by atoms with Crippen molar-refractivity contribution < 1.29 is 18.3 Å². The lowest BCUT2D eigenvalue weighted by Crippen LogP contribution is -2.21. The summed E-state index contributed by atoms with van der Waals surface area (Å²) in [5, 5.41) is 0. The van der Waals surface area contributed by atoms with Crippen LogP contribution in [0, 0.1) is 11.6 Å². The average molecular weight is 245 g/mol. The van der Waals surface area contributed by atoms with Gasteiger partial charge in [0.15, 0.2) is 11.6 Å². The second kappa shape index (κ2) is 7.19. The Kier molecular flexibility index (Phi) is 5.86. The molecule has 0 bridgehead atoms. The molecule has 0 amide bonds. The fraction of sp³-hybridized carbons (Fsp3) is 0.500. The minimum Gasteiger partial charge on any atom is -0.490 e. The summed E-state index contributed by atoms with van der Waals surface area (Å²) in [6.07, 6.45) is 0.638. The molecule has 0 fully saturated rings. The molecule has 0 heterocycles. The summed E-state index contributed by atoms with van der Waals surface area (Å²) in [5.74, 6) is -1.26. The van der Waals surface area contributed by atoms with Gasteiger partial charge in [-0.2, -0.15) is 0 Å². The zero-order valence-electron chi connectivity index (χ0n) is 9.79. The topological polar surface area (TPSA) is 44.5 Å². The van der Waals surface area contributed by atoms with E-state index in [0.29, 0.717) is 26.2 Å². The van der Waals surface area contributed by atoms with Crippen LogP contribution in [0.15, 0.2) is 18.2 Å². The van der Waals surface area contributed by atoms with Crippen LogP contribution in [-0.4, -0.2) is 25.9 Å². The number of nitrogens with two attached hydrogens (primary N) is 1. The molecule has 0 aliphatic carbocycles. The second-order valence-corrected chi connectivity index (χ2v) is 3.69. The number of halogens is 2. The molecule has 1 rings (SSSR count). The highest BCUT2D eigenvalue weighted by molar-refractivity contribution is 5.24. The van der Waals surface area contributed by atoms with Crippen LogP contribution in [0.25, 0.3) is 0 Å². The fourth-order valence-corrected chi connectivity index (χ4v) is 1.19. The van der Waals surface area contributed by atoms with Crippen molar-refractivity contribution in [3.05, 3.63) is 29.8 Å². The average Bonchev–Trinajstić information content (AvgIpc) is 2.30. The van der Waals surface area contributed by atoms with E-state index in [4.69, 9.17) is 15.2 Å². The van der Waals surface area contributed by atoms with Gasteiger partial charge in [-0.05, 0) is 19.1 Å². The number of ether oxygens (including phenoxy) is 2. The Hall–Kier alpha value is -1.20. The predicted molar refractivity (Wildman–Crippen MR) is 60.9 cm³/mol. The van der Waals surface area contributed by atoms with Crippen molar-refractivity contribution in [1.82, 2.24) is 0 Å². The van der Waals surface area contributed by atoms with Crippen molar-refractivity contribution in [2.24, 2.45) is 5.73 Å². The Morgan fingerprint density at radius 2 is 2.06 bits per heavy atom. The molecule has 1 aromatic carbocycles. The molecule has 2 N–H and O–H groups in total. The van der Waals surface area contributed by atoms with Crippen LogP contribution < -0.4 is 10.5 Å². The minimum absolute atomic E-state index is 0.0116. The third-order valence-corrected chi connectivity index (χ3v) is 2.17. The molecule has 17 heavy (non-hydrogen) atoms. The van der Waals surface area contributed by atoms with Gasteiger partial charge in [0.1, 0.15) is 5.82 Å². The van der Waals surface area contributed by atoms with Crippen LogP contribution in [0.1, 0.15) is 13.3 Å². The minimum atomic E-state index is -0.693. The van der Waals surface area contributed by atoms with E-state index in [1.54, 1.807) is 0 Å². The highest BCUT2D eigenvalue weighted by Gasteiger charge is 2.04. The summed E-state index contributed by atoms with van der Waals surface area (Å²) in [6.45, 7) is 3.16. The van der Waals surface area contributed by atoms with Gasteiger partial charge in [0.2, 0.25) is 0 Å². The first-order valence-electron chi connectivity index (χ1n) is 5.53. The summed E-state index contributed by atoms with van der Waals surface area (Å²) in [7, 11) is 0. The van der Waals surface area contributed by atoms with E-state index in [1.165, 1.54) is 6.07 Å². The SMILES string of the molecule is CC(CN)OCCCOc1ccc(F)cc1F. The zero-order chi connectivity index (χ0) is 12.7. The summed E-state index contributed by atoms with van der Waals surface area (Å²) in [6, 6.07) is 3.22. The fourth-order valence-electron chi connectivity index (χ4n) is 1.19. The lowest BCUT2D eigenvalue weighted by atomic mass is 10.3. The molecule has 96 valence electrons. The van der Waals surface area contributed by atoms with E-state index >= 15 is 0 Å². The van der Waals surface area contributed by atoms with Crippen LogP contribution in [0.4, 0.5) is 8.78 Å². The zero-order valence-corrected chi connectivity index (χ0v) is 9.79. The molecule has 0 aliphatic rings. The second-order valence-electron chi connectivity index (χ2n) is 3.69. The monoisotopic (exact) mass is 245 g/mol. The van der Waals surface area contributed by atoms with Crippen molar-refractivity contribution in [3.63, 3.8) is 0 Å². The van der Waals surface area contributed by atoms with Crippen molar-refractivity contribution >= 4 is 0 Å². The van der Waals surface area contributed by atoms with Gasteiger partial charge in [-0.15, -0.1) is 0 Å². The molecule has 0 radical (unpaired) electrons. The van der Waals surface area contributed by atoms with Gasteiger partial charge < -0.3 is 15.2 Å². The smallest absolute Gasteiger partial charge is 0.167 e. The molecular formula is C12H17F2NO2.